The van der Waals surface area contributed by atoms with E-state index < -0.39 is 41.1 Å². The Kier molecular flexibility index (Phi) is 5.17. The lowest BCUT2D eigenvalue weighted by Crippen LogP contribution is -2.63. The minimum Gasteiger partial charge on any atom is -0.444 e. The molecule has 1 N–H and O–H groups in total. The van der Waals surface area contributed by atoms with Gasteiger partial charge in [0, 0.05) is 12.8 Å². The summed E-state index contributed by atoms with van der Waals surface area (Å²) in [4.78, 5) is 14.2. The van der Waals surface area contributed by atoms with Crippen LogP contribution in [0.4, 0.5) is 18.0 Å². The van der Waals surface area contributed by atoms with Crippen molar-refractivity contribution in [2.45, 2.75) is 70.0 Å². The zero-order valence-corrected chi connectivity index (χ0v) is 16.5. The third-order valence-electron chi connectivity index (χ3n) is 5.24. The molecule has 8 heteroatoms. The number of rotatable bonds is 1. The zero-order valence-electron chi connectivity index (χ0n) is 16.5. The van der Waals surface area contributed by atoms with Crippen LogP contribution in [0.1, 0.15) is 50.3 Å². The first-order valence-electron chi connectivity index (χ1n) is 9.30. The number of morpholine rings is 1. The van der Waals surface area contributed by atoms with Crippen LogP contribution in [-0.2, 0) is 21.3 Å². The molecule has 0 saturated carbocycles. The van der Waals surface area contributed by atoms with E-state index in [-0.39, 0.29) is 37.2 Å². The minimum absolute atomic E-state index is 0.0864. The molecule has 1 aromatic rings. The molecule has 2 unspecified atom stereocenters. The predicted molar refractivity (Wildman–Crippen MR) is 95.8 cm³/mol. The summed E-state index contributed by atoms with van der Waals surface area (Å²) < 4.78 is 50.9. The van der Waals surface area contributed by atoms with Gasteiger partial charge in [-0.2, -0.15) is 13.2 Å². The molecule has 0 aromatic heterocycles. The van der Waals surface area contributed by atoms with Crippen molar-refractivity contribution in [3.8, 4) is 0 Å². The maximum atomic E-state index is 13.3. The number of nitrogens with zero attached hydrogens (tertiary/aromatic N) is 1. The molecule has 28 heavy (non-hydrogen) atoms. The van der Waals surface area contributed by atoms with Gasteiger partial charge in [0.2, 0.25) is 0 Å². The van der Waals surface area contributed by atoms with Crippen LogP contribution < -0.4 is 0 Å². The highest BCUT2D eigenvalue weighted by atomic mass is 19.4. The molecule has 2 aliphatic rings. The molecule has 2 heterocycles. The van der Waals surface area contributed by atoms with Gasteiger partial charge in [0.1, 0.15) is 5.60 Å². The monoisotopic (exact) mass is 401 g/mol. The average Bonchev–Trinajstić information content (AvgIpc) is 2.51. The maximum absolute atomic E-state index is 13.3. The van der Waals surface area contributed by atoms with E-state index >= 15 is 0 Å². The molecule has 156 valence electrons. The van der Waals surface area contributed by atoms with Crippen molar-refractivity contribution in [1.29, 1.82) is 0 Å². The first kappa shape index (κ1) is 20.9. The Morgan fingerprint density at radius 2 is 1.79 bits per heavy atom. The Hall–Kier alpha value is -1.80. The quantitative estimate of drug-likeness (QED) is 0.773. The van der Waals surface area contributed by atoms with Crippen LogP contribution in [0.2, 0.25) is 0 Å². The molecule has 2 saturated heterocycles. The van der Waals surface area contributed by atoms with E-state index in [0.717, 1.165) is 6.07 Å². The van der Waals surface area contributed by atoms with Gasteiger partial charge in [0.25, 0.3) is 0 Å². The van der Waals surface area contributed by atoms with Crippen molar-refractivity contribution in [3.05, 3.63) is 34.9 Å². The summed E-state index contributed by atoms with van der Waals surface area (Å²) in [7, 11) is 0. The Balaban J connectivity index is 1.90. The van der Waals surface area contributed by atoms with Crippen molar-refractivity contribution < 1.29 is 32.5 Å². The number of piperidine rings is 1. The van der Waals surface area contributed by atoms with Crippen LogP contribution in [0.25, 0.3) is 0 Å². The second kappa shape index (κ2) is 6.91. The second-order valence-corrected chi connectivity index (χ2v) is 8.70. The lowest BCUT2D eigenvalue weighted by Gasteiger charge is -2.51. The number of fused-ring (bicyclic) bond motifs is 2. The number of aliphatic hydroxyl groups is 1. The summed E-state index contributed by atoms with van der Waals surface area (Å²) >= 11 is 0. The highest BCUT2D eigenvalue weighted by molar-refractivity contribution is 5.69. The third kappa shape index (κ3) is 4.12. The number of carbonyl (C=O) groups is 1. The maximum Gasteiger partial charge on any atom is 0.416 e. The molecular formula is C20H26F3NO4. The van der Waals surface area contributed by atoms with Gasteiger partial charge < -0.3 is 14.6 Å². The van der Waals surface area contributed by atoms with Crippen LogP contribution in [-0.4, -0.2) is 47.0 Å². The van der Waals surface area contributed by atoms with Crippen LogP contribution in [0.15, 0.2) is 18.2 Å². The largest absolute Gasteiger partial charge is 0.444 e. The number of alkyl halides is 3. The van der Waals surface area contributed by atoms with E-state index in [1.165, 1.54) is 19.1 Å². The van der Waals surface area contributed by atoms with Crippen molar-refractivity contribution in [2.24, 2.45) is 0 Å². The topological polar surface area (TPSA) is 59.0 Å². The van der Waals surface area contributed by atoms with Crippen LogP contribution >= 0.6 is 0 Å². The van der Waals surface area contributed by atoms with E-state index in [2.05, 4.69) is 0 Å². The van der Waals surface area contributed by atoms with Crippen molar-refractivity contribution >= 4 is 6.09 Å². The summed E-state index contributed by atoms with van der Waals surface area (Å²) in [5.41, 5.74) is -2.57. The summed E-state index contributed by atoms with van der Waals surface area (Å²) in [6.45, 7) is 7.10. The number of carbonyl (C=O) groups excluding carboxylic acids is 1. The number of amides is 1. The molecule has 3 rings (SSSR count). The first-order chi connectivity index (χ1) is 12.8. The number of hydrogen-bond acceptors (Lipinski definition) is 4. The molecule has 0 aliphatic carbocycles. The smallest absolute Gasteiger partial charge is 0.416 e. The number of ether oxygens (including phenoxy) is 2. The Labute approximate surface area is 162 Å². The van der Waals surface area contributed by atoms with Gasteiger partial charge in [0.15, 0.2) is 0 Å². The molecule has 1 amide bonds. The zero-order chi connectivity index (χ0) is 20.9. The molecule has 0 spiro atoms. The van der Waals surface area contributed by atoms with Crippen molar-refractivity contribution in [1.82, 2.24) is 4.90 Å². The van der Waals surface area contributed by atoms with Crippen LogP contribution in [0.3, 0.4) is 0 Å². The normalized spacial score (nSPS) is 28.2. The highest BCUT2D eigenvalue weighted by Gasteiger charge is 2.50. The second-order valence-electron chi connectivity index (χ2n) is 8.70. The number of halogens is 3. The number of hydrogen-bond donors (Lipinski definition) is 1. The van der Waals surface area contributed by atoms with E-state index in [4.69, 9.17) is 9.47 Å². The minimum atomic E-state index is -4.49. The molecule has 2 bridgehead atoms. The molecule has 5 nitrogen and oxygen atoms in total. The van der Waals surface area contributed by atoms with Gasteiger partial charge in [0.05, 0.1) is 36.5 Å². The SMILES string of the molecule is Cc1ccc(C2(O)CC3COCC(C2)N3C(=O)OC(C)(C)C)cc1C(F)(F)F. The third-order valence-corrected chi connectivity index (χ3v) is 5.24. The van der Waals surface area contributed by atoms with Crippen molar-refractivity contribution in [2.75, 3.05) is 13.2 Å². The Bertz CT molecular complexity index is 743. The molecule has 2 fully saturated rings. The van der Waals surface area contributed by atoms with E-state index in [9.17, 15) is 23.1 Å². The number of benzene rings is 1. The summed E-state index contributed by atoms with van der Waals surface area (Å²) in [6, 6.07) is 2.99. The van der Waals surface area contributed by atoms with Gasteiger partial charge in [-0.25, -0.2) is 4.79 Å². The molecule has 1 aromatic carbocycles. The molecule has 0 radical (unpaired) electrons. The Morgan fingerprint density at radius 1 is 1.21 bits per heavy atom. The highest BCUT2D eigenvalue weighted by Crippen LogP contribution is 2.43. The van der Waals surface area contributed by atoms with E-state index in [1.54, 1.807) is 25.7 Å². The van der Waals surface area contributed by atoms with Gasteiger partial charge >= 0.3 is 12.3 Å². The van der Waals surface area contributed by atoms with Crippen molar-refractivity contribution in [3.63, 3.8) is 0 Å². The van der Waals surface area contributed by atoms with Gasteiger partial charge in [-0.05, 0) is 44.9 Å². The Morgan fingerprint density at radius 3 is 2.29 bits per heavy atom. The molecule has 2 atom stereocenters. The fourth-order valence-electron chi connectivity index (χ4n) is 4.04. The molecule has 2 aliphatic heterocycles. The van der Waals surface area contributed by atoms with Gasteiger partial charge in [-0.3, -0.25) is 4.90 Å². The standard InChI is InChI=1S/C20H26F3NO4/c1-12-5-6-13(7-16(12)20(21,22)23)19(26)8-14-10-27-11-15(9-19)24(14)17(25)28-18(2,3)4/h5-7,14-15,26H,8-11H2,1-4H3. The van der Waals surface area contributed by atoms with Crippen LogP contribution in [0.5, 0.6) is 0 Å². The first-order valence-corrected chi connectivity index (χ1v) is 9.30. The summed E-state index contributed by atoms with van der Waals surface area (Å²) in [5, 5.41) is 11.3. The summed E-state index contributed by atoms with van der Waals surface area (Å²) in [5.74, 6) is 0. The average molecular weight is 401 g/mol. The van der Waals surface area contributed by atoms with Crippen LogP contribution in [0, 0.1) is 6.92 Å². The number of aryl methyl sites for hydroxylation is 1. The lowest BCUT2D eigenvalue weighted by atomic mass is 9.76. The molecular weight excluding hydrogens is 375 g/mol. The fourth-order valence-corrected chi connectivity index (χ4v) is 4.04. The lowest BCUT2D eigenvalue weighted by molar-refractivity contribution is -0.143. The van der Waals surface area contributed by atoms with Gasteiger partial charge in [-0.15, -0.1) is 0 Å². The summed E-state index contributed by atoms with van der Waals surface area (Å²) in [6.07, 6.45) is -4.81. The predicted octanol–water partition coefficient (Wildman–Crippen LogP) is 4.00. The van der Waals surface area contributed by atoms with E-state index in [0.29, 0.717) is 0 Å². The fraction of sp³-hybridized carbons (Fsp3) is 0.650. The van der Waals surface area contributed by atoms with Gasteiger partial charge in [-0.1, -0.05) is 12.1 Å². The van der Waals surface area contributed by atoms with E-state index in [1.807, 2.05) is 0 Å².